The number of benzene rings is 1. The molecule has 1 unspecified atom stereocenters. The van der Waals surface area contributed by atoms with Crippen LogP contribution < -0.4 is 0 Å². The lowest BCUT2D eigenvalue weighted by molar-refractivity contribution is -0.137. The number of halogens is 2. The third-order valence-corrected chi connectivity index (χ3v) is 4.11. The summed E-state index contributed by atoms with van der Waals surface area (Å²) in [5, 5.41) is 9.97. The Morgan fingerprint density at radius 3 is 2.71 bits per heavy atom. The quantitative estimate of drug-likeness (QED) is 0.902. The Balaban J connectivity index is 2.15. The fraction of sp³-hybridized carbons (Fsp3) is 0.429. The highest BCUT2D eigenvalue weighted by atomic mass is 35.5. The predicted octanol–water partition coefficient (Wildman–Crippen LogP) is 2.75. The summed E-state index contributed by atoms with van der Waals surface area (Å²) in [6.07, 6.45) is 0.575. The smallest absolute Gasteiger partial charge is 0.323 e. The lowest BCUT2D eigenvalue weighted by atomic mass is 10.1. The fourth-order valence-corrected chi connectivity index (χ4v) is 3.06. The van der Waals surface area contributed by atoms with Crippen LogP contribution >= 0.6 is 23.2 Å². The fourth-order valence-electron chi connectivity index (χ4n) is 2.57. The third-order valence-electron chi connectivity index (χ3n) is 3.53. The molecule has 1 atom stereocenters. The Morgan fingerprint density at radius 2 is 2.14 bits per heavy atom. The van der Waals surface area contributed by atoms with E-state index in [0.717, 1.165) is 5.56 Å². The average molecular weight is 331 g/mol. The highest BCUT2D eigenvalue weighted by Crippen LogP contribution is 2.25. The largest absolute Gasteiger partial charge is 0.480 e. The molecule has 1 aliphatic rings. The number of aliphatic carboxylic acids is 1. The number of carboxylic acid groups (broad SMARTS) is 1. The Hall–Kier alpha value is -1.46. The van der Waals surface area contributed by atoms with Crippen LogP contribution in [0.2, 0.25) is 10.0 Å². The SMILES string of the molecule is CCN1C(=O)N(CC(=O)O)CC1Cc1ccc(Cl)cc1Cl. The van der Waals surface area contributed by atoms with Crippen LogP contribution in [0.3, 0.4) is 0 Å². The van der Waals surface area contributed by atoms with Gasteiger partial charge in [0.25, 0.3) is 0 Å². The number of amides is 2. The molecule has 2 amide bonds. The molecule has 1 aliphatic heterocycles. The van der Waals surface area contributed by atoms with Crippen molar-refractivity contribution < 1.29 is 14.7 Å². The first-order chi connectivity index (χ1) is 9.92. The van der Waals surface area contributed by atoms with Gasteiger partial charge in [-0.25, -0.2) is 4.79 Å². The minimum atomic E-state index is -1.01. The van der Waals surface area contributed by atoms with E-state index in [2.05, 4.69) is 0 Å². The summed E-state index contributed by atoms with van der Waals surface area (Å²) in [5.74, 6) is -1.01. The molecule has 1 fully saturated rings. The van der Waals surface area contributed by atoms with Crippen LogP contribution in [-0.4, -0.2) is 52.6 Å². The van der Waals surface area contributed by atoms with Crippen molar-refractivity contribution in [1.29, 1.82) is 0 Å². The van der Waals surface area contributed by atoms with Crippen LogP contribution in [-0.2, 0) is 11.2 Å². The Morgan fingerprint density at radius 1 is 1.43 bits per heavy atom. The van der Waals surface area contributed by atoms with Crippen LogP contribution in [0.25, 0.3) is 0 Å². The number of nitrogens with zero attached hydrogens (tertiary/aromatic N) is 2. The van der Waals surface area contributed by atoms with Crippen LogP contribution in [0.1, 0.15) is 12.5 Å². The molecule has 1 aromatic carbocycles. The minimum absolute atomic E-state index is 0.0828. The third kappa shape index (κ3) is 3.60. The van der Waals surface area contributed by atoms with Gasteiger partial charge in [-0.05, 0) is 31.0 Å². The van der Waals surface area contributed by atoms with Gasteiger partial charge in [-0.2, -0.15) is 0 Å². The Kier molecular flexibility index (Phi) is 4.96. The second-order valence-corrected chi connectivity index (χ2v) is 5.78. The van der Waals surface area contributed by atoms with Gasteiger partial charge in [-0.3, -0.25) is 4.79 Å². The molecule has 0 radical (unpaired) electrons. The van der Waals surface area contributed by atoms with Crippen LogP contribution in [0, 0.1) is 0 Å². The zero-order chi connectivity index (χ0) is 15.6. The van der Waals surface area contributed by atoms with Crippen molar-refractivity contribution in [1.82, 2.24) is 9.80 Å². The summed E-state index contributed by atoms with van der Waals surface area (Å²) in [7, 11) is 0. The highest BCUT2D eigenvalue weighted by molar-refractivity contribution is 6.35. The number of likely N-dealkylation sites (N-methyl/N-ethyl adjacent to an activating group) is 1. The number of carboxylic acids is 1. The van der Waals surface area contributed by atoms with E-state index >= 15 is 0 Å². The zero-order valence-corrected chi connectivity index (χ0v) is 13.1. The lowest BCUT2D eigenvalue weighted by Gasteiger charge is -2.21. The van der Waals surface area contributed by atoms with Gasteiger partial charge in [0.1, 0.15) is 6.54 Å². The molecular formula is C14H16Cl2N2O3. The molecule has 0 spiro atoms. The van der Waals surface area contributed by atoms with Gasteiger partial charge in [0.15, 0.2) is 0 Å². The Labute approximate surface area is 133 Å². The van der Waals surface area contributed by atoms with Crippen molar-refractivity contribution in [3.8, 4) is 0 Å². The summed E-state index contributed by atoms with van der Waals surface area (Å²) < 4.78 is 0. The molecule has 7 heteroatoms. The number of carbonyl (C=O) groups is 2. The number of carbonyl (C=O) groups excluding carboxylic acids is 1. The number of hydrogen-bond acceptors (Lipinski definition) is 2. The van der Waals surface area contributed by atoms with Crippen LogP contribution in [0.15, 0.2) is 18.2 Å². The maximum atomic E-state index is 12.1. The van der Waals surface area contributed by atoms with Crippen molar-refractivity contribution in [3.63, 3.8) is 0 Å². The van der Waals surface area contributed by atoms with E-state index in [1.165, 1.54) is 4.90 Å². The van der Waals surface area contributed by atoms with Crippen molar-refractivity contribution in [2.45, 2.75) is 19.4 Å². The summed E-state index contributed by atoms with van der Waals surface area (Å²) in [6, 6.07) is 4.93. The van der Waals surface area contributed by atoms with Crippen molar-refractivity contribution in [3.05, 3.63) is 33.8 Å². The molecule has 1 saturated heterocycles. The van der Waals surface area contributed by atoms with E-state index in [1.807, 2.05) is 13.0 Å². The van der Waals surface area contributed by atoms with Gasteiger partial charge in [-0.1, -0.05) is 29.3 Å². The lowest BCUT2D eigenvalue weighted by Crippen LogP contribution is -2.36. The van der Waals surface area contributed by atoms with E-state index in [0.29, 0.717) is 29.6 Å². The molecule has 0 aromatic heterocycles. The zero-order valence-electron chi connectivity index (χ0n) is 11.6. The molecule has 5 nitrogen and oxygen atoms in total. The topological polar surface area (TPSA) is 60.9 Å². The van der Waals surface area contributed by atoms with Crippen molar-refractivity contribution in [2.24, 2.45) is 0 Å². The van der Waals surface area contributed by atoms with Crippen LogP contribution in [0.4, 0.5) is 4.79 Å². The van der Waals surface area contributed by atoms with E-state index in [1.54, 1.807) is 17.0 Å². The standard InChI is InChI=1S/C14H16Cl2N2O3/c1-2-18-11(7-17(14(18)21)8-13(19)20)5-9-3-4-10(15)6-12(9)16/h3-4,6,11H,2,5,7-8H2,1H3,(H,19,20). The summed E-state index contributed by atoms with van der Waals surface area (Å²) >= 11 is 12.0. The summed E-state index contributed by atoms with van der Waals surface area (Å²) in [5.41, 5.74) is 0.898. The first-order valence-electron chi connectivity index (χ1n) is 6.63. The maximum absolute atomic E-state index is 12.1. The molecule has 114 valence electrons. The number of rotatable bonds is 5. The summed E-state index contributed by atoms with van der Waals surface area (Å²) in [4.78, 5) is 26.0. The molecule has 21 heavy (non-hydrogen) atoms. The molecule has 0 bridgehead atoms. The first-order valence-corrected chi connectivity index (χ1v) is 7.39. The number of urea groups is 1. The van der Waals surface area contributed by atoms with Gasteiger partial charge in [0.2, 0.25) is 0 Å². The molecule has 0 aliphatic carbocycles. The first kappa shape index (κ1) is 15.9. The van der Waals surface area contributed by atoms with Crippen molar-refractivity contribution >= 4 is 35.2 Å². The second-order valence-electron chi connectivity index (χ2n) is 4.94. The van der Waals surface area contributed by atoms with Gasteiger partial charge in [0.05, 0.1) is 6.04 Å². The molecule has 1 N–H and O–H groups in total. The second kappa shape index (κ2) is 6.54. The molecular weight excluding hydrogens is 315 g/mol. The van der Waals surface area contributed by atoms with E-state index in [-0.39, 0.29) is 18.6 Å². The molecule has 2 rings (SSSR count). The Bertz CT molecular complexity index is 565. The number of hydrogen-bond donors (Lipinski definition) is 1. The normalized spacial score (nSPS) is 18.4. The van der Waals surface area contributed by atoms with Gasteiger partial charge >= 0.3 is 12.0 Å². The predicted molar refractivity (Wildman–Crippen MR) is 80.9 cm³/mol. The summed E-state index contributed by atoms with van der Waals surface area (Å²) in [6.45, 7) is 2.52. The van der Waals surface area contributed by atoms with E-state index in [9.17, 15) is 9.59 Å². The molecule has 1 aromatic rings. The van der Waals surface area contributed by atoms with Gasteiger partial charge in [0, 0.05) is 23.1 Å². The monoisotopic (exact) mass is 330 g/mol. The van der Waals surface area contributed by atoms with E-state index < -0.39 is 5.97 Å². The maximum Gasteiger partial charge on any atom is 0.323 e. The van der Waals surface area contributed by atoms with Crippen LogP contribution in [0.5, 0.6) is 0 Å². The molecule has 0 saturated carbocycles. The average Bonchev–Trinajstić information content (AvgIpc) is 2.68. The highest BCUT2D eigenvalue weighted by Gasteiger charge is 2.37. The van der Waals surface area contributed by atoms with Crippen molar-refractivity contribution in [2.75, 3.05) is 19.6 Å². The minimum Gasteiger partial charge on any atom is -0.480 e. The van der Waals surface area contributed by atoms with Gasteiger partial charge in [-0.15, -0.1) is 0 Å². The van der Waals surface area contributed by atoms with E-state index in [4.69, 9.17) is 28.3 Å². The van der Waals surface area contributed by atoms with Gasteiger partial charge < -0.3 is 14.9 Å². The molecule has 1 heterocycles.